The van der Waals surface area contributed by atoms with Gasteiger partial charge in [0.15, 0.2) is 0 Å². The molecule has 0 atom stereocenters. The summed E-state index contributed by atoms with van der Waals surface area (Å²) in [6, 6.07) is 15.2. The molecule has 148 valence electrons. The van der Waals surface area contributed by atoms with Crippen LogP contribution in [0.15, 0.2) is 59.7 Å². The molecule has 2 heterocycles. The number of benzene rings is 2. The largest absolute Gasteiger partial charge is 0.281 e. The molecule has 0 amide bonds. The molecule has 0 aliphatic carbocycles. The number of hydrogen-bond acceptors (Lipinski definition) is 3. The van der Waals surface area contributed by atoms with Crippen molar-refractivity contribution in [2.24, 2.45) is 0 Å². The second-order valence-corrected chi connectivity index (χ2v) is 7.73. The molecule has 0 N–H and O–H groups in total. The van der Waals surface area contributed by atoms with E-state index in [1.54, 1.807) is 28.8 Å². The van der Waals surface area contributed by atoms with Crippen LogP contribution < -0.4 is 5.56 Å². The van der Waals surface area contributed by atoms with Crippen molar-refractivity contribution in [3.8, 4) is 11.1 Å². The first kappa shape index (κ1) is 21.0. The lowest BCUT2D eigenvalue weighted by molar-refractivity contribution is 0.858. The molecule has 0 saturated carbocycles. The molecule has 4 aromatic rings. The van der Waals surface area contributed by atoms with Gasteiger partial charge in [0.05, 0.1) is 26.8 Å². The number of aromatic nitrogens is 3. The Morgan fingerprint density at radius 1 is 0.828 bits per heavy atom. The van der Waals surface area contributed by atoms with Gasteiger partial charge in [-0.05, 0) is 63.1 Å². The van der Waals surface area contributed by atoms with Crippen molar-refractivity contribution >= 4 is 28.7 Å². The quantitative estimate of drug-likeness (QED) is 0.376. The van der Waals surface area contributed by atoms with E-state index in [4.69, 9.17) is 23.2 Å². The van der Waals surface area contributed by atoms with Crippen LogP contribution >= 0.6 is 23.2 Å². The Balaban J connectivity index is 0.000000224. The fraction of sp³-hybridized carbons (Fsp3) is 0.174. The highest BCUT2D eigenvalue weighted by molar-refractivity contribution is 6.39. The molecule has 4 nitrogen and oxygen atoms in total. The number of nitrogens with zero attached hydrogens (tertiary/aromatic N) is 3. The van der Waals surface area contributed by atoms with E-state index in [0.29, 0.717) is 26.7 Å². The van der Waals surface area contributed by atoms with Crippen molar-refractivity contribution in [1.29, 1.82) is 0 Å². The summed E-state index contributed by atoms with van der Waals surface area (Å²) in [6.07, 6.45) is 1.39. The van der Waals surface area contributed by atoms with Crippen LogP contribution in [0.3, 0.4) is 0 Å². The number of rotatable bonds is 1. The second-order valence-electron chi connectivity index (χ2n) is 6.91. The summed E-state index contributed by atoms with van der Waals surface area (Å²) < 4.78 is 1.55. The topological polar surface area (TPSA) is 47.3 Å². The predicted molar refractivity (Wildman–Crippen MR) is 120 cm³/mol. The number of halogens is 2. The fourth-order valence-corrected chi connectivity index (χ4v) is 3.55. The zero-order valence-corrected chi connectivity index (χ0v) is 18.2. The fourth-order valence-electron chi connectivity index (χ4n) is 2.96. The lowest BCUT2D eigenvalue weighted by Gasteiger charge is -2.09. The second kappa shape index (κ2) is 8.76. The monoisotopic (exact) mass is 425 g/mol. The average molecular weight is 426 g/mol. The van der Waals surface area contributed by atoms with Gasteiger partial charge in [0, 0.05) is 5.56 Å². The maximum absolute atomic E-state index is 12.2. The molecule has 0 radical (unpaired) electrons. The van der Waals surface area contributed by atoms with E-state index < -0.39 is 0 Å². The minimum Gasteiger partial charge on any atom is -0.267 e. The first-order valence-corrected chi connectivity index (χ1v) is 9.87. The van der Waals surface area contributed by atoms with E-state index in [0.717, 1.165) is 5.69 Å². The van der Waals surface area contributed by atoms with E-state index in [1.165, 1.54) is 23.0 Å². The van der Waals surface area contributed by atoms with E-state index in [1.807, 2.05) is 13.0 Å². The Morgan fingerprint density at radius 2 is 1.52 bits per heavy atom. The normalized spacial score (nSPS) is 10.6. The van der Waals surface area contributed by atoms with Crippen LogP contribution in [-0.2, 0) is 0 Å². The summed E-state index contributed by atoms with van der Waals surface area (Å²) >= 11 is 12.4. The summed E-state index contributed by atoms with van der Waals surface area (Å²) in [5, 5.41) is 5.11. The third-order valence-corrected chi connectivity index (χ3v) is 5.25. The van der Waals surface area contributed by atoms with Gasteiger partial charge in [0.1, 0.15) is 6.33 Å². The van der Waals surface area contributed by atoms with Crippen molar-refractivity contribution in [1.82, 2.24) is 14.6 Å². The van der Waals surface area contributed by atoms with E-state index in [2.05, 4.69) is 49.1 Å². The van der Waals surface area contributed by atoms with E-state index in [9.17, 15) is 4.79 Å². The van der Waals surface area contributed by atoms with E-state index >= 15 is 0 Å². The summed E-state index contributed by atoms with van der Waals surface area (Å²) in [7, 11) is 0. The number of aryl methyl sites for hydroxylation is 4. The third kappa shape index (κ3) is 4.66. The van der Waals surface area contributed by atoms with Crippen LogP contribution in [0.1, 0.15) is 22.4 Å². The van der Waals surface area contributed by atoms with Crippen LogP contribution in [0.4, 0.5) is 0 Å². The van der Waals surface area contributed by atoms with Gasteiger partial charge < -0.3 is 0 Å². The van der Waals surface area contributed by atoms with Crippen LogP contribution in [-0.4, -0.2) is 14.6 Å². The van der Waals surface area contributed by atoms with E-state index in [-0.39, 0.29) is 5.56 Å². The van der Waals surface area contributed by atoms with Gasteiger partial charge in [-0.2, -0.15) is 10.1 Å². The molecule has 0 aliphatic rings. The van der Waals surface area contributed by atoms with Gasteiger partial charge >= 0.3 is 0 Å². The van der Waals surface area contributed by atoms with Crippen molar-refractivity contribution in [3.05, 3.63) is 97.6 Å². The number of fused-ring (bicyclic) bond motifs is 1. The van der Waals surface area contributed by atoms with Crippen LogP contribution in [0.2, 0.25) is 10.0 Å². The summed E-state index contributed by atoms with van der Waals surface area (Å²) in [6.45, 7) is 8.25. The molecule has 0 saturated heterocycles. The molecule has 0 unspecified atom stereocenters. The lowest BCUT2D eigenvalue weighted by atomic mass is 10.1. The van der Waals surface area contributed by atoms with Crippen molar-refractivity contribution in [2.45, 2.75) is 27.7 Å². The molecule has 6 heteroatoms. The summed E-state index contributed by atoms with van der Waals surface area (Å²) in [5.41, 5.74) is 6.00. The molecule has 0 bridgehead atoms. The standard InChI is InChI=1S/C14H9Cl2N3O.C9H12/c1-8-5-6-11-13(14(20)17-7-19(11)18-8)12-9(15)3-2-4-10(12)16;1-7-4-5-8(2)9(3)6-7/h2-7H,1H3;4-6H,1-3H3. The van der Waals surface area contributed by atoms with Gasteiger partial charge in [0.25, 0.3) is 5.56 Å². The lowest BCUT2D eigenvalue weighted by Crippen LogP contribution is -2.14. The van der Waals surface area contributed by atoms with Gasteiger partial charge in [-0.1, -0.05) is 53.0 Å². The molecule has 4 rings (SSSR count). The molecular weight excluding hydrogens is 405 g/mol. The minimum atomic E-state index is -0.384. The Kier molecular flexibility index (Phi) is 6.36. The average Bonchev–Trinajstić information content (AvgIpc) is 2.67. The Morgan fingerprint density at radius 3 is 2.14 bits per heavy atom. The third-order valence-electron chi connectivity index (χ3n) is 4.62. The molecule has 2 aromatic carbocycles. The molecule has 0 fully saturated rings. The van der Waals surface area contributed by atoms with Crippen molar-refractivity contribution in [2.75, 3.05) is 0 Å². The first-order chi connectivity index (χ1) is 13.8. The maximum atomic E-state index is 12.2. The molecular formula is C23H21Cl2N3O. The Hall–Kier alpha value is -2.69. The smallest absolute Gasteiger partial charge is 0.267 e. The molecule has 2 aromatic heterocycles. The van der Waals surface area contributed by atoms with Gasteiger partial charge in [-0.3, -0.25) is 4.79 Å². The summed E-state index contributed by atoms with van der Waals surface area (Å²) in [5.74, 6) is 0. The zero-order valence-electron chi connectivity index (χ0n) is 16.7. The SMILES string of the molecule is Cc1ccc(C)c(C)c1.Cc1ccc2c(-c3c(Cl)cccc3Cl)c(=O)ncn2n1. The maximum Gasteiger partial charge on any atom is 0.281 e. The molecule has 0 spiro atoms. The Bertz CT molecular complexity index is 1230. The highest BCUT2D eigenvalue weighted by Crippen LogP contribution is 2.34. The predicted octanol–water partition coefficient (Wildman–Crippen LogP) is 5.98. The highest BCUT2D eigenvalue weighted by Gasteiger charge is 2.16. The highest BCUT2D eigenvalue weighted by atomic mass is 35.5. The summed E-state index contributed by atoms with van der Waals surface area (Å²) in [4.78, 5) is 16.0. The molecule has 29 heavy (non-hydrogen) atoms. The molecule has 0 aliphatic heterocycles. The number of hydrogen-bond donors (Lipinski definition) is 0. The van der Waals surface area contributed by atoms with Gasteiger partial charge in [-0.25, -0.2) is 4.52 Å². The van der Waals surface area contributed by atoms with Crippen LogP contribution in [0, 0.1) is 27.7 Å². The van der Waals surface area contributed by atoms with Gasteiger partial charge in [-0.15, -0.1) is 0 Å². The van der Waals surface area contributed by atoms with Gasteiger partial charge in [0.2, 0.25) is 0 Å². The van der Waals surface area contributed by atoms with Crippen molar-refractivity contribution in [3.63, 3.8) is 0 Å². The first-order valence-electron chi connectivity index (χ1n) is 9.11. The Labute approximate surface area is 179 Å². The van der Waals surface area contributed by atoms with Crippen LogP contribution in [0.5, 0.6) is 0 Å². The minimum absolute atomic E-state index is 0.357. The van der Waals surface area contributed by atoms with Crippen molar-refractivity contribution < 1.29 is 0 Å². The zero-order chi connectivity index (χ0) is 21.1. The van der Waals surface area contributed by atoms with Crippen LogP contribution in [0.25, 0.3) is 16.6 Å².